The summed E-state index contributed by atoms with van der Waals surface area (Å²) in [6.07, 6.45) is 4.69. The molecule has 5 nitrogen and oxygen atoms in total. The van der Waals surface area contributed by atoms with Crippen molar-refractivity contribution in [2.24, 2.45) is 0 Å². The van der Waals surface area contributed by atoms with Crippen LogP contribution in [0.3, 0.4) is 0 Å². The van der Waals surface area contributed by atoms with Crippen LogP contribution in [0.1, 0.15) is 30.6 Å². The van der Waals surface area contributed by atoms with Crippen molar-refractivity contribution >= 4 is 16.8 Å². The van der Waals surface area contributed by atoms with Crippen molar-refractivity contribution in [1.29, 1.82) is 0 Å². The van der Waals surface area contributed by atoms with E-state index in [1.54, 1.807) is 0 Å². The average Bonchev–Trinajstić information content (AvgIpc) is 3.03. The van der Waals surface area contributed by atoms with Gasteiger partial charge in [0.25, 0.3) is 5.91 Å². The molecular weight excluding hydrogens is 304 g/mol. The Balaban J connectivity index is 1.65. The van der Waals surface area contributed by atoms with Gasteiger partial charge in [0, 0.05) is 23.9 Å². The Hall–Kier alpha value is -2.11. The van der Waals surface area contributed by atoms with Gasteiger partial charge in [-0.2, -0.15) is 0 Å². The summed E-state index contributed by atoms with van der Waals surface area (Å²) in [6.45, 7) is 5.80. The monoisotopic (exact) mass is 328 g/mol. The summed E-state index contributed by atoms with van der Waals surface area (Å²) < 4.78 is 11.4. The lowest BCUT2D eigenvalue weighted by Gasteiger charge is -2.31. The van der Waals surface area contributed by atoms with Crippen LogP contribution in [0, 0.1) is 0 Å². The van der Waals surface area contributed by atoms with E-state index in [1.165, 1.54) is 5.57 Å². The number of benzene rings is 1. The highest BCUT2D eigenvalue weighted by Gasteiger charge is 2.28. The Kier molecular flexibility index (Phi) is 5.33. The molecule has 2 atom stereocenters. The molecule has 5 heteroatoms. The maximum absolute atomic E-state index is 12.6. The fraction of sp³-hybridized carbons (Fsp3) is 0.421. The Labute approximate surface area is 142 Å². The van der Waals surface area contributed by atoms with E-state index >= 15 is 0 Å². The summed E-state index contributed by atoms with van der Waals surface area (Å²) in [6, 6.07) is 7.51. The maximum atomic E-state index is 12.6. The van der Waals surface area contributed by atoms with Crippen molar-refractivity contribution in [3.63, 3.8) is 0 Å². The highest BCUT2D eigenvalue weighted by atomic mass is 16.5. The summed E-state index contributed by atoms with van der Waals surface area (Å²) in [5.41, 5.74) is 2.82. The van der Waals surface area contributed by atoms with Crippen molar-refractivity contribution in [3.05, 3.63) is 47.7 Å². The molecule has 1 aliphatic heterocycles. The zero-order chi connectivity index (χ0) is 16.9. The smallest absolute Gasteiger partial charge is 0.251 e. The standard InChI is InChI=1S/C19H24N2O3/c1-13(2)6-10-24-18-7-9-23-12-17(18)21-19(22)15-4-3-14-5-8-20-16(14)11-15/h3-6,8,11,17-18,20H,7,9-10,12H2,1-2H3,(H,21,22)/t17-,18+/m0/s1. The number of rotatable bonds is 5. The first kappa shape index (κ1) is 16.7. The van der Waals surface area contributed by atoms with E-state index in [4.69, 9.17) is 9.47 Å². The minimum absolute atomic E-state index is 0.0208. The van der Waals surface area contributed by atoms with Crippen LogP contribution in [0.2, 0.25) is 0 Å². The lowest BCUT2D eigenvalue weighted by molar-refractivity contribution is -0.0457. The van der Waals surface area contributed by atoms with Gasteiger partial charge in [0.1, 0.15) is 0 Å². The van der Waals surface area contributed by atoms with E-state index in [0.717, 1.165) is 17.3 Å². The minimum atomic E-state index is -0.129. The van der Waals surface area contributed by atoms with Crippen molar-refractivity contribution in [2.75, 3.05) is 19.8 Å². The molecule has 128 valence electrons. The third kappa shape index (κ3) is 4.04. The number of nitrogens with one attached hydrogen (secondary N) is 2. The fourth-order valence-corrected chi connectivity index (χ4v) is 2.83. The summed E-state index contributed by atoms with van der Waals surface area (Å²) >= 11 is 0. The Bertz CT molecular complexity index is 731. The number of hydrogen-bond donors (Lipinski definition) is 2. The first-order valence-corrected chi connectivity index (χ1v) is 8.34. The molecule has 0 saturated carbocycles. The Morgan fingerprint density at radius 2 is 2.29 bits per heavy atom. The van der Waals surface area contributed by atoms with Crippen LogP contribution in [0.15, 0.2) is 42.1 Å². The fourth-order valence-electron chi connectivity index (χ4n) is 2.83. The molecule has 0 bridgehead atoms. The van der Waals surface area contributed by atoms with E-state index in [2.05, 4.69) is 10.3 Å². The van der Waals surface area contributed by atoms with E-state index in [1.807, 2.05) is 50.4 Å². The van der Waals surface area contributed by atoms with Gasteiger partial charge in [-0.1, -0.05) is 17.7 Å². The van der Waals surface area contributed by atoms with Gasteiger partial charge in [0.2, 0.25) is 0 Å². The van der Waals surface area contributed by atoms with Gasteiger partial charge >= 0.3 is 0 Å². The number of allylic oxidation sites excluding steroid dienone is 1. The van der Waals surface area contributed by atoms with Crippen molar-refractivity contribution in [1.82, 2.24) is 10.3 Å². The number of carbonyl (C=O) groups excluding carboxylic acids is 1. The summed E-state index contributed by atoms with van der Waals surface area (Å²) in [5.74, 6) is -0.0992. The molecule has 1 saturated heterocycles. The highest BCUT2D eigenvalue weighted by molar-refractivity contribution is 5.98. The Morgan fingerprint density at radius 3 is 3.12 bits per heavy atom. The van der Waals surface area contributed by atoms with Crippen LogP contribution in [-0.4, -0.2) is 42.9 Å². The molecular formula is C19H24N2O3. The molecule has 2 aromatic rings. The number of hydrogen-bond acceptors (Lipinski definition) is 3. The molecule has 24 heavy (non-hydrogen) atoms. The normalized spacial score (nSPS) is 20.8. The number of amides is 1. The second-order valence-corrected chi connectivity index (χ2v) is 6.38. The minimum Gasteiger partial charge on any atom is -0.379 e. The van der Waals surface area contributed by atoms with Crippen LogP contribution in [0.4, 0.5) is 0 Å². The first-order valence-electron chi connectivity index (χ1n) is 8.34. The van der Waals surface area contributed by atoms with Gasteiger partial charge in [-0.3, -0.25) is 4.79 Å². The van der Waals surface area contributed by atoms with Gasteiger partial charge in [0.15, 0.2) is 0 Å². The van der Waals surface area contributed by atoms with Gasteiger partial charge in [-0.05, 0) is 43.9 Å². The second kappa shape index (κ2) is 7.64. The number of fused-ring (bicyclic) bond motifs is 1. The van der Waals surface area contributed by atoms with Crippen molar-refractivity contribution in [2.45, 2.75) is 32.4 Å². The molecule has 0 spiro atoms. The maximum Gasteiger partial charge on any atom is 0.251 e. The lowest BCUT2D eigenvalue weighted by atomic mass is 10.1. The van der Waals surface area contributed by atoms with Gasteiger partial charge in [-0.25, -0.2) is 0 Å². The largest absolute Gasteiger partial charge is 0.379 e. The summed E-state index contributed by atoms with van der Waals surface area (Å²) in [7, 11) is 0. The number of aromatic nitrogens is 1. The quantitative estimate of drug-likeness (QED) is 0.829. The van der Waals surface area contributed by atoms with Crippen molar-refractivity contribution < 1.29 is 14.3 Å². The number of ether oxygens (including phenoxy) is 2. The molecule has 0 radical (unpaired) electrons. The lowest BCUT2D eigenvalue weighted by Crippen LogP contribution is -2.50. The molecule has 2 N–H and O–H groups in total. The molecule has 1 fully saturated rings. The summed E-state index contributed by atoms with van der Waals surface area (Å²) in [5, 5.41) is 4.15. The second-order valence-electron chi connectivity index (χ2n) is 6.38. The van der Waals surface area contributed by atoms with Crippen LogP contribution in [-0.2, 0) is 9.47 Å². The first-order chi connectivity index (χ1) is 11.6. The number of aromatic amines is 1. The van der Waals surface area contributed by atoms with E-state index in [-0.39, 0.29) is 18.1 Å². The van der Waals surface area contributed by atoms with Crippen LogP contribution in [0.25, 0.3) is 10.9 Å². The third-order valence-electron chi connectivity index (χ3n) is 4.23. The molecule has 3 rings (SSSR count). The Morgan fingerprint density at radius 1 is 1.42 bits per heavy atom. The van der Waals surface area contributed by atoms with E-state index in [9.17, 15) is 4.79 Å². The van der Waals surface area contributed by atoms with Gasteiger partial charge in [0.05, 0.1) is 25.4 Å². The van der Waals surface area contributed by atoms with Crippen molar-refractivity contribution in [3.8, 4) is 0 Å². The average molecular weight is 328 g/mol. The SMILES string of the molecule is CC(C)=CCO[C@@H]1CCOC[C@@H]1NC(=O)c1ccc2cc[nH]c2c1. The van der Waals surface area contributed by atoms with Crippen LogP contribution < -0.4 is 5.32 Å². The molecule has 1 aromatic carbocycles. The van der Waals surface area contributed by atoms with Gasteiger partial charge < -0.3 is 19.8 Å². The predicted molar refractivity (Wildman–Crippen MR) is 94.2 cm³/mol. The summed E-state index contributed by atoms with van der Waals surface area (Å²) in [4.78, 5) is 15.7. The number of carbonyl (C=O) groups is 1. The molecule has 1 aliphatic rings. The predicted octanol–water partition coefficient (Wildman–Crippen LogP) is 3.04. The third-order valence-corrected chi connectivity index (χ3v) is 4.23. The van der Waals surface area contributed by atoms with Crippen LogP contribution >= 0.6 is 0 Å². The van der Waals surface area contributed by atoms with E-state index < -0.39 is 0 Å². The topological polar surface area (TPSA) is 63.4 Å². The zero-order valence-corrected chi connectivity index (χ0v) is 14.2. The molecule has 1 amide bonds. The number of H-pyrrole nitrogens is 1. The van der Waals surface area contributed by atoms with E-state index in [0.29, 0.717) is 25.4 Å². The molecule has 1 aromatic heterocycles. The molecule has 2 heterocycles. The molecule has 0 aliphatic carbocycles. The molecule has 0 unspecified atom stereocenters. The highest BCUT2D eigenvalue weighted by Crippen LogP contribution is 2.16. The van der Waals surface area contributed by atoms with Gasteiger partial charge in [-0.15, -0.1) is 0 Å². The zero-order valence-electron chi connectivity index (χ0n) is 14.2. The van der Waals surface area contributed by atoms with Crippen LogP contribution in [0.5, 0.6) is 0 Å².